The first-order valence-corrected chi connectivity index (χ1v) is 10.4. The molecule has 0 saturated heterocycles. The first kappa shape index (κ1) is 20.5. The number of benzene rings is 1. The molecule has 0 heterocycles. The SMILES string of the molecule is CCCCC(CC)CNC(=NC)NCCS(=O)(=O)c1ccccc1. The first-order chi connectivity index (χ1) is 11.5. The van der Waals surface area contributed by atoms with Crippen LogP contribution in [0.1, 0.15) is 39.5 Å². The number of nitrogens with one attached hydrogen (secondary N) is 2. The maximum absolute atomic E-state index is 12.2. The molecule has 0 aliphatic carbocycles. The third kappa shape index (κ3) is 7.34. The van der Waals surface area contributed by atoms with Crippen LogP contribution in [0.3, 0.4) is 0 Å². The fraction of sp³-hybridized carbons (Fsp3) is 0.611. The Hall–Kier alpha value is -1.56. The molecular weight excluding hydrogens is 322 g/mol. The maximum Gasteiger partial charge on any atom is 0.191 e. The van der Waals surface area contributed by atoms with Crippen molar-refractivity contribution < 1.29 is 8.42 Å². The van der Waals surface area contributed by atoms with Crippen molar-refractivity contribution in [1.82, 2.24) is 10.6 Å². The van der Waals surface area contributed by atoms with Gasteiger partial charge in [-0.1, -0.05) is 51.3 Å². The lowest BCUT2D eigenvalue weighted by molar-refractivity contribution is 0.444. The number of hydrogen-bond acceptors (Lipinski definition) is 3. The van der Waals surface area contributed by atoms with Gasteiger partial charge in [0.2, 0.25) is 0 Å². The molecule has 0 saturated carbocycles. The van der Waals surface area contributed by atoms with Gasteiger partial charge in [-0.2, -0.15) is 0 Å². The second-order valence-electron chi connectivity index (χ2n) is 5.93. The van der Waals surface area contributed by atoms with Crippen LogP contribution < -0.4 is 10.6 Å². The molecule has 1 unspecified atom stereocenters. The number of nitrogens with zero attached hydrogens (tertiary/aromatic N) is 1. The summed E-state index contributed by atoms with van der Waals surface area (Å²) in [5, 5.41) is 6.39. The van der Waals surface area contributed by atoms with E-state index in [1.54, 1.807) is 31.3 Å². The molecule has 0 bridgehead atoms. The van der Waals surface area contributed by atoms with Crippen molar-refractivity contribution in [3.8, 4) is 0 Å². The Kier molecular flexibility index (Phi) is 9.45. The summed E-state index contributed by atoms with van der Waals surface area (Å²) in [7, 11) is -1.55. The van der Waals surface area contributed by atoms with E-state index >= 15 is 0 Å². The van der Waals surface area contributed by atoms with Crippen LogP contribution >= 0.6 is 0 Å². The number of hydrogen-bond donors (Lipinski definition) is 2. The fourth-order valence-corrected chi connectivity index (χ4v) is 3.63. The van der Waals surface area contributed by atoms with Crippen LogP contribution in [0, 0.1) is 5.92 Å². The highest BCUT2D eigenvalue weighted by atomic mass is 32.2. The molecule has 0 spiro atoms. The number of aliphatic imine (C=N–C) groups is 1. The highest BCUT2D eigenvalue weighted by Crippen LogP contribution is 2.11. The zero-order chi connectivity index (χ0) is 17.8. The van der Waals surface area contributed by atoms with Gasteiger partial charge in [0, 0.05) is 20.1 Å². The average Bonchev–Trinajstić information content (AvgIpc) is 2.60. The highest BCUT2D eigenvalue weighted by molar-refractivity contribution is 7.91. The molecule has 1 atom stereocenters. The molecule has 2 N–H and O–H groups in total. The van der Waals surface area contributed by atoms with Crippen LogP contribution in [0.5, 0.6) is 0 Å². The third-order valence-corrected chi connectivity index (χ3v) is 5.82. The van der Waals surface area contributed by atoms with E-state index in [4.69, 9.17) is 0 Å². The Morgan fingerprint density at radius 1 is 1.17 bits per heavy atom. The summed E-state index contributed by atoms with van der Waals surface area (Å²) in [5.41, 5.74) is 0. The van der Waals surface area contributed by atoms with Crippen molar-refractivity contribution in [1.29, 1.82) is 0 Å². The van der Waals surface area contributed by atoms with E-state index in [0.29, 0.717) is 23.3 Å². The fourth-order valence-electron chi connectivity index (χ4n) is 2.45. The van der Waals surface area contributed by atoms with Crippen molar-refractivity contribution >= 4 is 15.8 Å². The third-order valence-electron chi connectivity index (χ3n) is 4.09. The van der Waals surface area contributed by atoms with E-state index in [0.717, 1.165) is 13.0 Å². The minimum absolute atomic E-state index is 0.0464. The number of guanidine groups is 1. The van der Waals surface area contributed by atoms with Gasteiger partial charge >= 0.3 is 0 Å². The average molecular weight is 354 g/mol. The Morgan fingerprint density at radius 3 is 2.46 bits per heavy atom. The summed E-state index contributed by atoms with van der Waals surface area (Å²) in [6.07, 6.45) is 4.79. The summed E-state index contributed by atoms with van der Waals surface area (Å²) < 4.78 is 24.5. The Bertz CT molecular complexity index is 586. The Labute approximate surface area is 146 Å². The first-order valence-electron chi connectivity index (χ1n) is 8.75. The predicted octanol–water partition coefficient (Wildman–Crippen LogP) is 2.84. The molecule has 136 valence electrons. The molecule has 0 aliphatic rings. The van der Waals surface area contributed by atoms with Crippen LogP contribution in [-0.4, -0.2) is 40.3 Å². The molecule has 0 aromatic heterocycles. The van der Waals surface area contributed by atoms with Crippen molar-refractivity contribution in [2.24, 2.45) is 10.9 Å². The molecule has 0 amide bonds. The van der Waals surface area contributed by atoms with E-state index in [-0.39, 0.29) is 5.75 Å². The van der Waals surface area contributed by atoms with Crippen LogP contribution in [-0.2, 0) is 9.84 Å². The van der Waals surface area contributed by atoms with Gasteiger partial charge in [0.05, 0.1) is 10.6 Å². The molecule has 24 heavy (non-hydrogen) atoms. The maximum atomic E-state index is 12.2. The second kappa shape index (κ2) is 11.1. The minimum Gasteiger partial charge on any atom is -0.356 e. The lowest BCUT2D eigenvalue weighted by Gasteiger charge is -2.18. The molecule has 0 radical (unpaired) electrons. The summed E-state index contributed by atoms with van der Waals surface area (Å²) in [6.45, 7) is 5.60. The van der Waals surface area contributed by atoms with Crippen LogP contribution in [0.25, 0.3) is 0 Å². The smallest absolute Gasteiger partial charge is 0.191 e. The van der Waals surface area contributed by atoms with E-state index in [1.807, 2.05) is 6.07 Å². The van der Waals surface area contributed by atoms with Crippen molar-refractivity contribution in [2.75, 3.05) is 25.9 Å². The molecule has 1 aromatic rings. The zero-order valence-electron chi connectivity index (χ0n) is 15.1. The summed E-state index contributed by atoms with van der Waals surface area (Å²) in [4.78, 5) is 4.53. The quantitative estimate of drug-likeness (QED) is 0.501. The van der Waals surface area contributed by atoms with E-state index in [2.05, 4.69) is 29.5 Å². The number of rotatable bonds is 10. The van der Waals surface area contributed by atoms with Gasteiger partial charge in [-0.05, 0) is 24.5 Å². The minimum atomic E-state index is -3.26. The molecule has 0 aliphatic heterocycles. The van der Waals surface area contributed by atoms with E-state index in [1.165, 1.54) is 19.3 Å². The summed E-state index contributed by atoms with van der Waals surface area (Å²) >= 11 is 0. The van der Waals surface area contributed by atoms with Crippen LogP contribution in [0.2, 0.25) is 0 Å². The normalized spacial score (nSPS) is 13.5. The molecular formula is C18H31N3O2S. The van der Waals surface area contributed by atoms with Crippen molar-refractivity contribution in [3.05, 3.63) is 30.3 Å². The van der Waals surface area contributed by atoms with Crippen LogP contribution in [0.4, 0.5) is 0 Å². The highest BCUT2D eigenvalue weighted by Gasteiger charge is 2.14. The van der Waals surface area contributed by atoms with Gasteiger partial charge in [0.1, 0.15) is 0 Å². The Balaban J connectivity index is 2.41. The zero-order valence-corrected chi connectivity index (χ0v) is 15.9. The van der Waals surface area contributed by atoms with Gasteiger partial charge in [-0.25, -0.2) is 8.42 Å². The standard InChI is InChI=1S/C18H31N3O2S/c1-4-6-10-16(5-2)15-21-18(19-3)20-13-14-24(22,23)17-11-8-7-9-12-17/h7-9,11-12,16H,4-6,10,13-15H2,1-3H3,(H2,19,20,21). The second-order valence-corrected chi connectivity index (χ2v) is 8.04. The van der Waals surface area contributed by atoms with Crippen LogP contribution in [0.15, 0.2) is 40.2 Å². The summed E-state index contributed by atoms with van der Waals surface area (Å²) in [5.74, 6) is 1.33. The topological polar surface area (TPSA) is 70.6 Å². The van der Waals surface area contributed by atoms with Gasteiger partial charge in [0.25, 0.3) is 0 Å². The molecule has 1 rings (SSSR count). The monoisotopic (exact) mass is 353 g/mol. The lowest BCUT2D eigenvalue weighted by atomic mass is 9.99. The van der Waals surface area contributed by atoms with Gasteiger partial charge in [-0.15, -0.1) is 0 Å². The molecule has 5 nitrogen and oxygen atoms in total. The molecule has 6 heteroatoms. The molecule has 0 fully saturated rings. The van der Waals surface area contributed by atoms with Gasteiger partial charge in [0.15, 0.2) is 15.8 Å². The predicted molar refractivity (Wildman–Crippen MR) is 101 cm³/mol. The van der Waals surface area contributed by atoms with E-state index < -0.39 is 9.84 Å². The van der Waals surface area contributed by atoms with Gasteiger partial charge < -0.3 is 10.6 Å². The largest absolute Gasteiger partial charge is 0.356 e. The van der Waals surface area contributed by atoms with Crippen molar-refractivity contribution in [3.63, 3.8) is 0 Å². The van der Waals surface area contributed by atoms with Crippen molar-refractivity contribution in [2.45, 2.75) is 44.4 Å². The number of unbranched alkanes of at least 4 members (excludes halogenated alkanes) is 1. The number of sulfone groups is 1. The summed E-state index contributed by atoms with van der Waals surface area (Å²) in [6, 6.07) is 8.54. The van der Waals surface area contributed by atoms with Gasteiger partial charge in [-0.3, -0.25) is 4.99 Å². The molecule has 1 aromatic carbocycles. The van der Waals surface area contributed by atoms with E-state index in [9.17, 15) is 8.42 Å². The lowest BCUT2D eigenvalue weighted by Crippen LogP contribution is -2.41. The Morgan fingerprint density at radius 2 is 1.88 bits per heavy atom.